The van der Waals surface area contributed by atoms with Crippen molar-refractivity contribution in [1.82, 2.24) is 5.32 Å². The molecule has 1 aliphatic heterocycles. The van der Waals surface area contributed by atoms with E-state index >= 15 is 0 Å². The summed E-state index contributed by atoms with van der Waals surface area (Å²) in [6.07, 6.45) is 1.73. The van der Waals surface area contributed by atoms with Gasteiger partial charge in [0.15, 0.2) is 5.11 Å². The van der Waals surface area contributed by atoms with Gasteiger partial charge in [-0.25, -0.2) is 0 Å². The summed E-state index contributed by atoms with van der Waals surface area (Å²) in [5, 5.41) is 3.29. The van der Waals surface area contributed by atoms with Crippen LogP contribution in [0.4, 0.5) is 5.69 Å². The second-order valence-corrected chi connectivity index (χ2v) is 5.46. The van der Waals surface area contributed by atoms with E-state index in [0.29, 0.717) is 28.0 Å². The van der Waals surface area contributed by atoms with Gasteiger partial charge < -0.3 is 14.8 Å². The quantitative estimate of drug-likeness (QED) is 0.685. The van der Waals surface area contributed by atoms with Crippen molar-refractivity contribution in [2.24, 2.45) is 0 Å². The Labute approximate surface area is 145 Å². The molecule has 0 unspecified atom stereocenters. The number of nitrogens with one attached hydrogen (secondary N) is 1. The first-order chi connectivity index (χ1) is 11.6. The minimum atomic E-state index is -0.223. The Balaban J connectivity index is 1.95. The normalized spacial score (nSPS) is 15.6. The number of rotatable bonds is 4. The van der Waals surface area contributed by atoms with Crippen LogP contribution in [-0.2, 0) is 4.79 Å². The van der Waals surface area contributed by atoms with Crippen molar-refractivity contribution in [1.29, 1.82) is 0 Å². The minimum Gasteiger partial charge on any atom is -0.497 e. The van der Waals surface area contributed by atoms with Crippen molar-refractivity contribution in [3.05, 3.63) is 59.8 Å². The summed E-state index contributed by atoms with van der Waals surface area (Å²) in [5.74, 6) is 1.12. The van der Waals surface area contributed by atoms with Crippen LogP contribution >= 0.6 is 12.2 Å². The van der Waals surface area contributed by atoms with Gasteiger partial charge in [0.25, 0.3) is 5.91 Å². The first kappa shape index (κ1) is 16.0. The molecule has 0 atom stereocenters. The van der Waals surface area contributed by atoms with E-state index in [1.165, 1.54) is 4.90 Å². The predicted molar refractivity (Wildman–Crippen MR) is 97.2 cm³/mol. The fourth-order valence-electron chi connectivity index (χ4n) is 2.46. The van der Waals surface area contributed by atoms with Gasteiger partial charge in [0.05, 0.1) is 19.9 Å². The maximum Gasteiger partial charge on any atom is 0.281 e. The van der Waals surface area contributed by atoms with Crippen LogP contribution in [0.25, 0.3) is 6.08 Å². The lowest BCUT2D eigenvalue weighted by atomic mass is 10.1. The molecule has 2 aromatic carbocycles. The van der Waals surface area contributed by atoms with E-state index in [9.17, 15) is 4.79 Å². The Hall–Kier alpha value is -2.86. The van der Waals surface area contributed by atoms with Gasteiger partial charge in [0.1, 0.15) is 17.2 Å². The molecule has 1 fully saturated rings. The number of hydrogen-bond acceptors (Lipinski definition) is 4. The Morgan fingerprint density at radius 2 is 1.88 bits per heavy atom. The lowest BCUT2D eigenvalue weighted by Gasteiger charge is -2.14. The van der Waals surface area contributed by atoms with Crippen molar-refractivity contribution in [2.75, 3.05) is 19.1 Å². The fraction of sp³-hybridized carbons (Fsp3) is 0.111. The number of benzene rings is 2. The molecule has 5 nitrogen and oxygen atoms in total. The van der Waals surface area contributed by atoms with Crippen LogP contribution in [0.3, 0.4) is 0 Å². The van der Waals surface area contributed by atoms with E-state index in [2.05, 4.69) is 5.32 Å². The average molecular weight is 340 g/mol. The molecule has 0 aliphatic carbocycles. The zero-order valence-electron chi connectivity index (χ0n) is 13.3. The fourth-order valence-corrected chi connectivity index (χ4v) is 2.76. The Morgan fingerprint density at radius 3 is 2.62 bits per heavy atom. The van der Waals surface area contributed by atoms with Crippen molar-refractivity contribution < 1.29 is 14.3 Å². The second kappa shape index (κ2) is 6.72. The third-order valence-electron chi connectivity index (χ3n) is 3.63. The van der Waals surface area contributed by atoms with E-state index in [4.69, 9.17) is 21.7 Å². The Morgan fingerprint density at radius 1 is 1.08 bits per heavy atom. The summed E-state index contributed by atoms with van der Waals surface area (Å²) in [7, 11) is 3.17. The van der Waals surface area contributed by atoms with Crippen LogP contribution in [0, 0.1) is 0 Å². The summed E-state index contributed by atoms with van der Waals surface area (Å²) in [4.78, 5) is 14.2. The van der Waals surface area contributed by atoms with E-state index in [1.54, 1.807) is 32.4 Å². The van der Waals surface area contributed by atoms with Crippen LogP contribution in [0.5, 0.6) is 11.5 Å². The SMILES string of the molecule is COc1cccc(N2C(=O)/C(=C/c3ccccc3OC)NC2=S)c1. The number of nitrogens with zero attached hydrogens (tertiary/aromatic N) is 1. The van der Waals surface area contributed by atoms with Gasteiger partial charge >= 0.3 is 0 Å². The highest BCUT2D eigenvalue weighted by molar-refractivity contribution is 7.80. The topological polar surface area (TPSA) is 50.8 Å². The molecule has 6 heteroatoms. The third kappa shape index (κ3) is 2.96. The Bertz CT molecular complexity index is 833. The summed E-state index contributed by atoms with van der Waals surface area (Å²) in [6, 6.07) is 14.7. The molecule has 122 valence electrons. The molecule has 0 bridgehead atoms. The van der Waals surface area contributed by atoms with E-state index in [0.717, 1.165) is 5.56 Å². The molecule has 1 N–H and O–H groups in total. The Kier molecular flexibility index (Phi) is 4.48. The highest BCUT2D eigenvalue weighted by Crippen LogP contribution is 2.27. The number of hydrogen-bond donors (Lipinski definition) is 1. The molecule has 0 spiro atoms. The summed E-state index contributed by atoms with van der Waals surface area (Å²) in [5.41, 5.74) is 1.85. The van der Waals surface area contributed by atoms with Gasteiger partial charge in [-0.2, -0.15) is 0 Å². The highest BCUT2D eigenvalue weighted by atomic mass is 32.1. The molecular weight excluding hydrogens is 324 g/mol. The van der Waals surface area contributed by atoms with Gasteiger partial charge in [-0.15, -0.1) is 0 Å². The maximum absolute atomic E-state index is 12.7. The number of anilines is 1. The highest BCUT2D eigenvalue weighted by Gasteiger charge is 2.32. The molecule has 0 radical (unpaired) electrons. The predicted octanol–water partition coefficient (Wildman–Crippen LogP) is 2.97. The molecule has 1 heterocycles. The van der Waals surface area contributed by atoms with Gasteiger partial charge in [0, 0.05) is 11.6 Å². The van der Waals surface area contributed by atoms with E-state index in [-0.39, 0.29) is 5.91 Å². The second-order valence-electron chi connectivity index (χ2n) is 5.07. The lowest BCUT2D eigenvalue weighted by Crippen LogP contribution is -2.30. The first-order valence-electron chi connectivity index (χ1n) is 7.28. The maximum atomic E-state index is 12.7. The largest absolute Gasteiger partial charge is 0.497 e. The molecule has 2 aromatic rings. The van der Waals surface area contributed by atoms with Crippen LogP contribution in [0.1, 0.15) is 5.56 Å². The molecule has 0 aromatic heterocycles. The van der Waals surface area contributed by atoms with Crippen LogP contribution in [0.2, 0.25) is 0 Å². The van der Waals surface area contributed by atoms with Crippen molar-refractivity contribution >= 4 is 35.0 Å². The molecule has 1 amide bonds. The monoisotopic (exact) mass is 340 g/mol. The smallest absolute Gasteiger partial charge is 0.281 e. The molecule has 24 heavy (non-hydrogen) atoms. The first-order valence-corrected chi connectivity index (χ1v) is 7.69. The molecule has 0 saturated carbocycles. The third-order valence-corrected chi connectivity index (χ3v) is 3.91. The van der Waals surface area contributed by atoms with Crippen molar-refractivity contribution in [3.63, 3.8) is 0 Å². The van der Waals surface area contributed by atoms with Gasteiger partial charge in [-0.3, -0.25) is 9.69 Å². The van der Waals surface area contributed by atoms with E-state index in [1.807, 2.05) is 36.4 Å². The molecule has 1 aliphatic rings. The number of carbonyl (C=O) groups excluding carboxylic acids is 1. The zero-order valence-corrected chi connectivity index (χ0v) is 14.1. The lowest BCUT2D eigenvalue weighted by molar-refractivity contribution is -0.113. The van der Waals surface area contributed by atoms with Gasteiger partial charge in [-0.05, 0) is 36.5 Å². The number of para-hydroxylation sites is 1. The average Bonchev–Trinajstić information content (AvgIpc) is 2.89. The number of carbonyl (C=O) groups is 1. The number of methoxy groups -OCH3 is 2. The van der Waals surface area contributed by atoms with E-state index < -0.39 is 0 Å². The number of amides is 1. The summed E-state index contributed by atoms with van der Waals surface area (Å²) in [6.45, 7) is 0. The summed E-state index contributed by atoms with van der Waals surface area (Å²) >= 11 is 5.31. The van der Waals surface area contributed by atoms with Crippen molar-refractivity contribution in [3.8, 4) is 11.5 Å². The summed E-state index contributed by atoms with van der Waals surface area (Å²) < 4.78 is 10.5. The van der Waals surface area contributed by atoms with Gasteiger partial charge in [0.2, 0.25) is 0 Å². The number of thiocarbonyl (C=S) groups is 1. The van der Waals surface area contributed by atoms with Gasteiger partial charge in [-0.1, -0.05) is 24.3 Å². The van der Waals surface area contributed by atoms with Crippen LogP contribution in [-0.4, -0.2) is 25.2 Å². The van der Waals surface area contributed by atoms with Crippen molar-refractivity contribution in [2.45, 2.75) is 0 Å². The van der Waals surface area contributed by atoms with Crippen LogP contribution < -0.4 is 19.7 Å². The van der Waals surface area contributed by atoms with Crippen LogP contribution in [0.15, 0.2) is 54.2 Å². The molecule has 1 saturated heterocycles. The zero-order chi connectivity index (χ0) is 17.1. The minimum absolute atomic E-state index is 0.223. The molecule has 3 rings (SSSR count). The number of ether oxygens (including phenoxy) is 2. The standard InChI is InChI=1S/C18H16N2O3S/c1-22-14-8-5-7-13(11-14)20-17(21)15(19-18(20)24)10-12-6-3-4-9-16(12)23-2/h3-11H,1-2H3,(H,19,24)/b15-10-. The molecular formula is C18H16N2O3S.